The maximum atomic E-state index is 12.4. The Bertz CT molecular complexity index is 965. The fourth-order valence-corrected chi connectivity index (χ4v) is 2.90. The van der Waals surface area contributed by atoms with Gasteiger partial charge < -0.3 is 9.47 Å². The minimum atomic E-state index is -0.257. The molecular formula is C23H24N2O4+2. The van der Waals surface area contributed by atoms with Crippen LogP contribution in [-0.2, 0) is 22.6 Å². The molecule has 0 saturated carbocycles. The van der Waals surface area contributed by atoms with Gasteiger partial charge in [-0.15, -0.1) is 0 Å². The number of hydrogen-bond acceptors (Lipinski definition) is 4. The molecule has 0 unspecified atom stereocenters. The molecule has 0 atom stereocenters. The molecule has 0 aliphatic carbocycles. The third-order valence-electron chi connectivity index (χ3n) is 4.47. The Balaban J connectivity index is 1.63. The van der Waals surface area contributed by atoms with Crippen LogP contribution in [0.4, 0.5) is 0 Å². The fourth-order valence-electron chi connectivity index (χ4n) is 2.90. The molecule has 0 saturated heterocycles. The van der Waals surface area contributed by atoms with Crippen molar-refractivity contribution in [2.24, 2.45) is 0 Å². The summed E-state index contributed by atoms with van der Waals surface area (Å²) in [6.45, 7) is 2.62. The van der Waals surface area contributed by atoms with E-state index < -0.39 is 0 Å². The second kappa shape index (κ2) is 9.59. The number of methoxy groups -OCH3 is 1. The molecule has 0 fully saturated rings. The molecule has 6 nitrogen and oxygen atoms in total. The number of rotatable bonds is 8. The first-order valence-corrected chi connectivity index (χ1v) is 9.40. The van der Waals surface area contributed by atoms with Crippen molar-refractivity contribution >= 4 is 11.8 Å². The zero-order valence-electron chi connectivity index (χ0n) is 16.6. The third-order valence-corrected chi connectivity index (χ3v) is 4.47. The van der Waals surface area contributed by atoms with E-state index in [1.54, 1.807) is 42.9 Å². The summed E-state index contributed by atoms with van der Waals surface area (Å²) in [6.07, 6.45) is 7.47. The van der Waals surface area contributed by atoms with Gasteiger partial charge in [0.2, 0.25) is 18.9 Å². The lowest BCUT2D eigenvalue weighted by molar-refractivity contribution is -0.685. The molecule has 0 N–H and O–H groups in total. The standard InChI is InChI=1S/C23H24N2O4/c1-3-29-23(27)17-25-14-10-19(11-15-25)18-8-12-24(13-9-18)16-22(26)20-4-6-21(28-2)7-5-20/h4-15H,3,16-17H2,1-2H3/q+2. The molecule has 2 heterocycles. The number of pyridine rings is 2. The summed E-state index contributed by atoms with van der Waals surface area (Å²) in [4.78, 5) is 24.0. The van der Waals surface area contributed by atoms with E-state index in [1.165, 1.54) is 0 Å². The molecule has 0 radical (unpaired) electrons. The predicted molar refractivity (Wildman–Crippen MR) is 106 cm³/mol. The van der Waals surface area contributed by atoms with Crippen molar-refractivity contribution in [1.82, 2.24) is 0 Å². The van der Waals surface area contributed by atoms with Crippen LogP contribution in [0.2, 0.25) is 0 Å². The molecule has 3 aromatic rings. The quantitative estimate of drug-likeness (QED) is 0.336. The molecule has 2 aromatic heterocycles. The van der Waals surface area contributed by atoms with Crippen molar-refractivity contribution in [1.29, 1.82) is 0 Å². The number of carbonyl (C=O) groups is 2. The van der Waals surface area contributed by atoms with Gasteiger partial charge in [-0.2, -0.15) is 9.13 Å². The number of carbonyl (C=O) groups excluding carboxylic acids is 2. The molecule has 0 bridgehead atoms. The van der Waals surface area contributed by atoms with E-state index in [2.05, 4.69) is 0 Å². The van der Waals surface area contributed by atoms with Crippen LogP contribution >= 0.6 is 0 Å². The molecular weight excluding hydrogens is 368 g/mol. The van der Waals surface area contributed by atoms with Crippen LogP contribution in [0.15, 0.2) is 73.3 Å². The number of esters is 1. The molecule has 3 rings (SSSR count). The Morgan fingerprint density at radius 1 is 0.793 bits per heavy atom. The van der Waals surface area contributed by atoms with E-state index >= 15 is 0 Å². The van der Waals surface area contributed by atoms with Crippen molar-refractivity contribution in [3.8, 4) is 16.9 Å². The average molecular weight is 392 g/mol. The normalized spacial score (nSPS) is 10.4. The second-order valence-electron chi connectivity index (χ2n) is 6.48. The lowest BCUT2D eigenvalue weighted by atomic mass is 10.1. The van der Waals surface area contributed by atoms with Crippen molar-refractivity contribution in [2.45, 2.75) is 20.0 Å². The van der Waals surface area contributed by atoms with Crippen molar-refractivity contribution < 1.29 is 28.2 Å². The summed E-state index contributed by atoms with van der Waals surface area (Å²) < 4.78 is 13.7. The molecule has 0 spiro atoms. The minimum Gasteiger partial charge on any atom is -0.497 e. The number of ether oxygens (including phenoxy) is 2. The van der Waals surface area contributed by atoms with Crippen molar-refractivity contribution in [3.05, 3.63) is 78.9 Å². The fraction of sp³-hybridized carbons (Fsp3) is 0.217. The number of benzene rings is 1. The molecule has 148 valence electrons. The number of ketones is 1. The highest BCUT2D eigenvalue weighted by atomic mass is 16.5. The van der Waals surface area contributed by atoms with Gasteiger partial charge in [0.05, 0.1) is 13.7 Å². The van der Waals surface area contributed by atoms with Gasteiger partial charge in [0.25, 0.3) is 0 Å². The van der Waals surface area contributed by atoms with Gasteiger partial charge in [-0.1, -0.05) is 0 Å². The minimum absolute atomic E-state index is 0.0325. The van der Waals surface area contributed by atoms with Gasteiger partial charge in [0.1, 0.15) is 5.75 Å². The highest BCUT2D eigenvalue weighted by molar-refractivity contribution is 5.95. The van der Waals surface area contributed by atoms with E-state index in [0.717, 1.165) is 16.9 Å². The van der Waals surface area contributed by atoms with E-state index in [1.807, 2.05) is 53.6 Å². The first kappa shape index (κ1) is 20.2. The van der Waals surface area contributed by atoms with Gasteiger partial charge in [0, 0.05) is 29.8 Å². The van der Waals surface area contributed by atoms with Crippen LogP contribution in [0.1, 0.15) is 17.3 Å². The summed E-state index contributed by atoms with van der Waals surface area (Å²) in [5.74, 6) is 0.502. The van der Waals surface area contributed by atoms with Crippen LogP contribution in [0, 0.1) is 0 Å². The van der Waals surface area contributed by atoms with Gasteiger partial charge in [-0.05, 0) is 42.3 Å². The second-order valence-corrected chi connectivity index (χ2v) is 6.48. The molecule has 6 heteroatoms. The summed E-state index contributed by atoms with van der Waals surface area (Å²) in [5, 5.41) is 0. The molecule has 1 aromatic carbocycles. The van der Waals surface area contributed by atoms with Gasteiger partial charge in [-0.25, -0.2) is 4.79 Å². The van der Waals surface area contributed by atoms with E-state index in [0.29, 0.717) is 12.2 Å². The van der Waals surface area contributed by atoms with Crippen LogP contribution < -0.4 is 13.9 Å². The largest absolute Gasteiger partial charge is 0.497 e. The Morgan fingerprint density at radius 3 is 1.79 bits per heavy atom. The van der Waals surface area contributed by atoms with E-state index in [9.17, 15) is 9.59 Å². The zero-order valence-corrected chi connectivity index (χ0v) is 16.6. The van der Waals surface area contributed by atoms with Crippen molar-refractivity contribution in [2.75, 3.05) is 13.7 Å². The van der Waals surface area contributed by atoms with E-state index in [-0.39, 0.29) is 24.8 Å². The smallest absolute Gasteiger partial charge is 0.372 e. The maximum absolute atomic E-state index is 12.4. The summed E-state index contributed by atoms with van der Waals surface area (Å²) in [5.41, 5.74) is 2.71. The first-order valence-electron chi connectivity index (χ1n) is 9.40. The molecule has 29 heavy (non-hydrogen) atoms. The van der Waals surface area contributed by atoms with Crippen LogP contribution in [0.25, 0.3) is 11.1 Å². The monoisotopic (exact) mass is 392 g/mol. The number of hydrogen-bond donors (Lipinski definition) is 0. The topological polar surface area (TPSA) is 60.4 Å². The van der Waals surface area contributed by atoms with Gasteiger partial charge in [-0.3, -0.25) is 4.79 Å². The highest BCUT2D eigenvalue weighted by Crippen LogP contribution is 2.16. The Labute approximate surface area is 170 Å². The predicted octanol–water partition coefficient (Wildman–Crippen LogP) is 2.38. The van der Waals surface area contributed by atoms with Gasteiger partial charge in [0.15, 0.2) is 24.8 Å². The molecule has 0 aliphatic rings. The first-order chi connectivity index (χ1) is 14.1. The number of aromatic nitrogens is 2. The Kier molecular flexibility index (Phi) is 6.68. The lowest BCUT2D eigenvalue weighted by Crippen LogP contribution is -2.38. The number of nitrogens with zero attached hydrogens (tertiary/aromatic N) is 2. The van der Waals surface area contributed by atoms with E-state index in [4.69, 9.17) is 9.47 Å². The number of Topliss-reactive ketones (excluding diaryl/α,β-unsaturated/α-hetero) is 1. The summed E-state index contributed by atoms with van der Waals surface area (Å²) >= 11 is 0. The summed E-state index contributed by atoms with van der Waals surface area (Å²) in [6, 6.07) is 14.9. The Morgan fingerprint density at radius 2 is 1.31 bits per heavy atom. The van der Waals surface area contributed by atoms with Crippen LogP contribution in [0.3, 0.4) is 0 Å². The van der Waals surface area contributed by atoms with Crippen LogP contribution in [-0.4, -0.2) is 25.5 Å². The maximum Gasteiger partial charge on any atom is 0.372 e. The molecule has 0 aliphatic heterocycles. The highest BCUT2D eigenvalue weighted by Gasteiger charge is 2.13. The Hall–Kier alpha value is -3.54. The van der Waals surface area contributed by atoms with Crippen LogP contribution in [0.5, 0.6) is 5.75 Å². The van der Waals surface area contributed by atoms with Gasteiger partial charge >= 0.3 is 5.97 Å². The van der Waals surface area contributed by atoms with Crippen molar-refractivity contribution in [3.63, 3.8) is 0 Å². The average Bonchev–Trinajstić information content (AvgIpc) is 2.75. The summed E-state index contributed by atoms with van der Waals surface area (Å²) in [7, 11) is 1.60. The SMILES string of the molecule is CCOC(=O)C[n+]1ccc(-c2cc[n+](CC(=O)c3ccc(OC)cc3)cc2)cc1. The third kappa shape index (κ3) is 5.48. The lowest BCUT2D eigenvalue weighted by Gasteiger charge is -2.03. The molecule has 0 amide bonds. The zero-order chi connectivity index (χ0) is 20.6.